The van der Waals surface area contributed by atoms with E-state index < -0.39 is 14.2 Å². The molecule has 0 atom stereocenters. The molecule has 0 amide bonds. The van der Waals surface area contributed by atoms with Gasteiger partial charge in [0, 0.05) is 23.7 Å². The summed E-state index contributed by atoms with van der Waals surface area (Å²) in [7, 11) is 14.9. The fraction of sp³-hybridized carbons (Fsp3) is 0.150. The van der Waals surface area contributed by atoms with Gasteiger partial charge in [-0.1, -0.05) is 37.3 Å². The maximum atomic E-state index is 4.96. The zero-order chi connectivity index (χ0) is 18.5. The van der Waals surface area contributed by atoms with Gasteiger partial charge in [0.05, 0.1) is 16.6 Å². The Morgan fingerprint density at radius 2 is 1.67 bits per heavy atom. The molecule has 0 bridgehead atoms. The van der Waals surface area contributed by atoms with Gasteiger partial charge in [0.25, 0.3) is 0 Å². The number of fused-ring (bicyclic) bond motifs is 2. The Hall–Kier alpha value is -1.12. The Bertz CT molecular complexity index is 1010. The second kappa shape index (κ2) is 10.4. The molecule has 147 valence electrons. The first-order chi connectivity index (χ1) is 12.6. The van der Waals surface area contributed by atoms with Crippen LogP contribution >= 0.6 is 28.3 Å². The second-order valence-corrected chi connectivity index (χ2v) is 15.4. The van der Waals surface area contributed by atoms with Gasteiger partial charge in [-0.05, 0) is 30.7 Å². The Morgan fingerprint density at radius 3 is 2.41 bits per heavy atom. The first-order valence-electron chi connectivity index (χ1n) is 8.03. The number of aromatic nitrogens is 3. The third kappa shape index (κ3) is 5.23. The molecule has 7 heteroatoms. The number of hydrogen-bond acceptors (Lipinski definition) is 2. The molecule has 27 heavy (non-hydrogen) atoms. The van der Waals surface area contributed by atoms with Gasteiger partial charge in [0.2, 0.25) is 0 Å². The fourth-order valence-corrected chi connectivity index (χ4v) is 3.02. The molecule has 0 aliphatic carbocycles. The van der Waals surface area contributed by atoms with E-state index in [1.54, 1.807) is 0 Å². The topological polar surface area (TPSA) is 30.7 Å². The molecule has 0 spiro atoms. The van der Waals surface area contributed by atoms with Gasteiger partial charge >= 0.3 is 42.4 Å². The third-order valence-corrected chi connectivity index (χ3v) is 3.98. The number of halogens is 3. The molecule has 0 unspecified atom stereocenters. The van der Waals surface area contributed by atoms with Crippen molar-refractivity contribution in [1.29, 1.82) is 0 Å². The molecular weight excluding hydrogens is 584 g/mol. The van der Waals surface area contributed by atoms with Crippen molar-refractivity contribution in [3.63, 3.8) is 0 Å². The van der Waals surface area contributed by atoms with Crippen molar-refractivity contribution < 1.29 is 14.2 Å². The van der Waals surface area contributed by atoms with Crippen LogP contribution < -0.4 is 0 Å². The van der Waals surface area contributed by atoms with E-state index >= 15 is 0 Å². The van der Waals surface area contributed by atoms with Crippen molar-refractivity contribution >= 4 is 50.2 Å². The number of benzene rings is 2. The molecular formula is C20H20Cl3N3Pt-. The fourth-order valence-electron chi connectivity index (χ4n) is 3.02. The molecule has 0 radical (unpaired) electrons. The van der Waals surface area contributed by atoms with Crippen LogP contribution in [0.4, 0.5) is 0 Å². The van der Waals surface area contributed by atoms with Gasteiger partial charge in [-0.3, -0.25) is 4.98 Å². The monoisotopic (exact) mass is 602 g/mol. The summed E-state index contributed by atoms with van der Waals surface area (Å²) in [5.41, 5.74) is 4.34. The van der Waals surface area contributed by atoms with Crippen LogP contribution in [0.3, 0.4) is 0 Å². The normalized spacial score (nSPS) is 10.9. The van der Waals surface area contributed by atoms with E-state index in [9.17, 15) is 0 Å². The first kappa shape index (κ1) is 22.2. The molecule has 2 aromatic carbocycles. The van der Waals surface area contributed by atoms with E-state index in [0.717, 1.165) is 40.8 Å². The van der Waals surface area contributed by atoms with Crippen LogP contribution in [0.15, 0.2) is 60.8 Å². The first-order valence-corrected chi connectivity index (χ1v) is 16.5. The number of nitrogens with zero attached hydrogens (tertiary/aromatic N) is 3. The molecule has 2 heterocycles. The standard InChI is InChI=1S/C19H17N3.CH3.3ClH.Pt/c1-2-13-22-17-11-4-3-10-16(17)21-19(22)15-9-5-7-14-8-6-12-20-18(14)15;;;;;/h3-12H,2,13H2,1H3;1H3;3*1H;/q;-1;;;;+3/p-3. The SMILES string of the molecule is CCCn1c(-c2cccc3cccnc23)nc2ccccc21.[CH3-].[Cl][Pt]([Cl])[Cl]. The van der Waals surface area contributed by atoms with E-state index in [-0.39, 0.29) is 7.43 Å². The van der Waals surface area contributed by atoms with Crippen LogP contribution in [0.25, 0.3) is 33.3 Å². The molecule has 0 aliphatic rings. The number of rotatable bonds is 3. The van der Waals surface area contributed by atoms with Crippen molar-refractivity contribution in [2.75, 3.05) is 0 Å². The summed E-state index contributed by atoms with van der Waals surface area (Å²) in [5, 5.41) is 1.15. The Kier molecular flexibility index (Phi) is 8.56. The van der Waals surface area contributed by atoms with Crippen LogP contribution in [0.1, 0.15) is 13.3 Å². The molecule has 0 fully saturated rings. The van der Waals surface area contributed by atoms with Crippen molar-refractivity contribution in [2.24, 2.45) is 0 Å². The molecule has 0 aliphatic heterocycles. The predicted molar refractivity (Wildman–Crippen MR) is 115 cm³/mol. The van der Waals surface area contributed by atoms with Crippen LogP contribution in [-0.2, 0) is 20.7 Å². The summed E-state index contributed by atoms with van der Waals surface area (Å²) in [6, 6.07) is 18.7. The van der Waals surface area contributed by atoms with Crippen LogP contribution in [-0.4, -0.2) is 14.5 Å². The molecule has 3 nitrogen and oxygen atoms in total. The molecule has 4 aromatic rings. The molecule has 0 saturated heterocycles. The van der Waals surface area contributed by atoms with E-state index in [1.807, 2.05) is 18.3 Å². The van der Waals surface area contributed by atoms with Gasteiger partial charge in [0.15, 0.2) is 0 Å². The minimum atomic E-state index is -1.85. The van der Waals surface area contributed by atoms with Crippen molar-refractivity contribution in [2.45, 2.75) is 19.9 Å². The summed E-state index contributed by atoms with van der Waals surface area (Å²) >= 11 is -1.85. The number of pyridine rings is 1. The van der Waals surface area contributed by atoms with Crippen molar-refractivity contribution in [3.8, 4) is 11.4 Å². The summed E-state index contributed by atoms with van der Waals surface area (Å²) in [6.07, 6.45) is 2.92. The average molecular weight is 604 g/mol. The van der Waals surface area contributed by atoms with Crippen LogP contribution in [0.2, 0.25) is 0 Å². The van der Waals surface area contributed by atoms with Crippen molar-refractivity contribution in [1.82, 2.24) is 14.5 Å². The molecule has 0 N–H and O–H groups in total. The summed E-state index contributed by atoms with van der Waals surface area (Å²) in [4.78, 5) is 9.45. The summed E-state index contributed by atoms with van der Waals surface area (Å²) < 4.78 is 2.30. The van der Waals surface area contributed by atoms with E-state index in [2.05, 4.69) is 58.9 Å². The maximum absolute atomic E-state index is 4.96. The summed E-state index contributed by atoms with van der Waals surface area (Å²) in [6.45, 7) is 3.15. The Morgan fingerprint density at radius 1 is 0.963 bits per heavy atom. The van der Waals surface area contributed by atoms with Gasteiger partial charge in [-0.25, -0.2) is 4.98 Å². The van der Waals surface area contributed by atoms with E-state index in [0.29, 0.717) is 0 Å². The number of para-hydroxylation sites is 3. The third-order valence-electron chi connectivity index (χ3n) is 3.98. The molecule has 4 rings (SSSR count). The number of imidazole rings is 1. The quantitative estimate of drug-likeness (QED) is 0.232. The molecule has 2 aromatic heterocycles. The summed E-state index contributed by atoms with van der Waals surface area (Å²) in [5.74, 6) is 1.01. The van der Waals surface area contributed by atoms with E-state index in [1.165, 1.54) is 5.52 Å². The minimum absolute atomic E-state index is 0. The molecule has 0 saturated carbocycles. The number of aryl methyl sites for hydroxylation is 1. The second-order valence-electron chi connectivity index (χ2n) is 5.59. The van der Waals surface area contributed by atoms with Crippen LogP contribution in [0.5, 0.6) is 0 Å². The zero-order valence-electron chi connectivity index (χ0n) is 15.0. The van der Waals surface area contributed by atoms with Gasteiger partial charge < -0.3 is 12.0 Å². The van der Waals surface area contributed by atoms with Gasteiger partial charge in [-0.15, -0.1) is 0 Å². The average Bonchev–Trinajstić information content (AvgIpc) is 3.00. The number of hydrogen-bond donors (Lipinski definition) is 0. The van der Waals surface area contributed by atoms with Crippen LogP contribution in [0, 0.1) is 7.43 Å². The zero-order valence-corrected chi connectivity index (χ0v) is 19.5. The predicted octanol–water partition coefficient (Wildman–Crippen LogP) is 7.18. The Balaban J connectivity index is 0.000000479. The van der Waals surface area contributed by atoms with E-state index in [4.69, 9.17) is 33.2 Å². The van der Waals surface area contributed by atoms with Gasteiger partial charge in [0.1, 0.15) is 5.82 Å². The van der Waals surface area contributed by atoms with Gasteiger partial charge in [-0.2, -0.15) is 0 Å². The van der Waals surface area contributed by atoms with Crippen molar-refractivity contribution in [3.05, 3.63) is 68.2 Å². The Labute approximate surface area is 177 Å².